The van der Waals surface area contributed by atoms with Crippen molar-refractivity contribution in [2.75, 3.05) is 7.11 Å². The molecule has 6 atom stereocenters. The molecule has 0 radical (unpaired) electrons. The van der Waals surface area contributed by atoms with Crippen molar-refractivity contribution in [2.24, 2.45) is 28.4 Å². The van der Waals surface area contributed by atoms with E-state index < -0.39 is 58.0 Å². The highest BCUT2D eigenvalue weighted by Gasteiger charge is 2.82. The van der Waals surface area contributed by atoms with Crippen LogP contribution in [0.4, 0.5) is 0 Å². The quantitative estimate of drug-likeness (QED) is 0.491. The molecular weight excluding hydrogens is 478 g/mol. The molecule has 0 bridgehead atoms. The van der Waals surface area contributed by atoms with Gasteiger partial charge in [0.1, 0.15) is 6.10 Å². The summed E-state index contributed by atoms with van der Waals surface area (Å²) in [6.45, 7) is 1.84. The molecule has 1 unspecified atom stereocenters. The number of carbonyl (C=O) groups excluding carboxylic acids is 4. The Hall–Kier alpha value is -3.72. The number of allylic oxidation sites excluding steroid dienone is 1. The zero-order chi connectivity index (χ0) is 26.2. The van der Waals surface area contributed by atoms with Gasteiger partial charge in [-0.2, -0.15) is 0 Å². The van der Waals surface area contributed by atoms with Gasteiger partial charge in [0.25, 0.3) is 0 Å². The largest absolute Gasteiger partial charge is 0.472 e. The van der Waals surface area contributed by atoms with Gasteiger partial charge in [0.2, 0.25) is 5.78 Å². The molecule has 2 aromatic rings. The van der Waals surface area contributed by atoms with Crippen molar-refractivity contribution in [1.29, 1.82) is 0 Å². The lowest BCUT2D eigenvalue weighted by Crippen LogP contribution is -2.68. The van der Waals surface area contributed by atoms with Gasteiger partial charge in [0.15, 0.2) is 5.76 Å². The molecule has 1 spiro atoms. The zero-order valence-corrected chi connectivity index (χ0v) is 20.5. The van der Waals surface area contributed by atoms with Gasteiger partial charge in [-0.3, -0.25) is 14.4 Å². The molecule has 9 nitrogen and oxygen atoms in total. The van der Waals surface area contributed by atoms with Crippen LogP contribution in [0.2, 0.25) is 0 Å². The molecule has 192 valence electrons. The smallest absolute Gasteiger partial charge is 0.343 e. The Kier molecular flexibility index (Phi) is 5.04. The van der Waals surface area contributed by atoms with E-state index in [1.165, 1.54) is 25.7 Å². The molecule has 6 rings (SSSR count). The number of esters is 3. The minimum Gasteiger partial charge on any atom is -0.472 e. The van der Waals surface area contributed by atoms with Crippen LogP contribution in [-0.4, -0.2) is 36.3 Å². The second-order valence-corrected chi connectivity index (χ2v) is 10.8. The van der Waals surface area contributed by atoms with Crippen molar-refractivity contribution in [2.45, 2.75) is 44.2 Å². The highest BCUT2D eigenvalue weighted by atomic mass is 16.6. The van der Waals surface area contributed by atoms with Crippen LogP contribution in [0.25, 0.3) is 0 Å². The highest BCUT2D eigenvalue weighted by Crippen LogP contribution is 2.78. The minimum absolute atomic E-state index is 0.164. The Balaban J connectivity index is 1.42. The predicted molar refractivity (Wildman–Crippen MR) is 126 cm³/mol. The minimum atomic E-state index is -1.32. The van der Waals surface area contributed by atoms with Gasteiger partial charge in [0.05, 0.1) is 42.5 Å². The summed E-state index contributed by atoms with van der Waals surface area (Å²) < 4.78 is 21.7. The van der Waals surface area contributed by atoms with Crippen molar-refractivity contribution < 1.29 is 37.8 Å². The summed E-state index contributed by atoms with van der Waals surface area (Å²) in [4.78, 5) is 53.4. The van der Waals surface area contributed by atoms with Crippen molar-refractivity contribution in [1.82, 2.24) is 0 Å². The third kappa shape index (κ3) is 3.19. The number of ether oxygens (including phenoxy) is 3. The molecule has 2 saturated carbocycles. The van der Waals surface area contributed by atoms with Crippen LogP contribution in [0.15, 0.2) is 59.1 Å². The Morgan fingerprint density at radius 1 is 1.19 bits per heavy atom. The Morgan fingerprint density at radius 3 is 2.70 bits per heavy atom. The van der Waals surface area contributed by atoms with Crippen LogP contribution in [0, 0.1) is 29.6 Å². The number of rotatable bonds is 4. The Morgan fingerprint density at radius 2 is 2.00 bits per heavy atom. The third-order valence-electron chi connectivity index (χ3n) is 8.86. The molecule has 2 N–H and O–H groups in total. The molecule has 37 heavy (non-hydrogen) atoms. The van der Waals surface area contributed by atoms with E-state index in [1.807, 2.05) is 13.0 Å². The van der Waals surface area contributed by atoms with E-state index in [0.29, 0.717) is 24.8 Å². The molecular formula is C28H27NO8. The lowest BCUT2D eigenvalue weighted by molar-refractivity contribution is -0.179. The fraction of sp³-hybridized carbons (Fsp3) is 0.429. The van der Waals surface area contributed by atoms with Crippen molar-refractivity contribution in [3.8, 4) is 0 Å². The van der Waals surface area contributed by atoms with Gasteiger partial charge in [-0.1, -0.05) is 17.7 Å². The van der Waals surface area contributed by atoms with Crippen LogP contribution in [0.5, 0.6) is 0 Å². The summed E-state index contributed by atoms with van der Waals surface area (Å²) >= 11 is 0. The number of furan rings is 1. The van der Waals surface area contributed by atoms with Gasteiger partial charge in [0, 0.05) is 22.9 Å². The number of hydrogen-bond donors (Lipinski definition) is 1. The zero-order valence-electron chi connectivity index (χ0n) is 20.5. The van der Waals surface area contributed by atoms with Gasteiger partial charge in [-0.05, 0) is 50.5 Å². The third-order valence-corrected chi connectivity index (χ3v) is 8.86. The maximum Gasteiger partial charge on any atom is 0.343 e. The summed E-state index contributed by atoms with van der Waals surface area (Å²) in [7, 11) is 1.29. The number of carbonyl (C=O) groups is 4. The normalized spacial score (nSPS) is 35.8. The van der Waals surface area contributed by atoms with Crippen LogP contribution in [0.3, 0.4) is 0 Å². The van der Waals surface area contributed by atoms with Gasteiger partial charge in [-0.15, -0.1) is 0 Å². The molecule has 4 aliphatic rings. The second kappa shape index (κ2) is 7.89. The summed E-state index contributed by atoms with van der Waals surface area (Å²) in [6.07, 6.45) is 4.99. The first-order chi connectivity index (χ1) is 17.6. The maximum absolute atomic E-state index is 14.1. The molecule has 1 aromatic heterocycles. The number of hydrogen-bond acceptors (Lipinski definition) is 9. The van der Waals surface area contributed by atoms with E-state index in [2.05, 4.69) is 0 Å². The van der Waals surface area contributed by atoms with Crippen molar-refractivity contribution >= 4 is 23.7 Å². The van der Waals surface area contributed by atoms with E-state index in [0.717, 1.165) is 5.56 Å². The number of ketones is 1. The number of benzene rings is 1. The first-order valence-corrected chi connectivity index (χ1v) is 12.3. The van der Waals surface area contributed by atoms with Crippen molar-refractivity contribution in [3.05, 3.63) is 71.4 Å². The van der Waals surface area contributed by atoms with Crippen LogP contribution in [0.1, 0.15) is 53.3 Å². The van der Waals surface area contributed by atoms with E-state index >= 15 is 0 Å². The lowest BCUT2D eigenvalue weighted by atomic mass is 9.52. The van der Waals surface area contributed by atoms with Crippen LogP contribution in [-0.2, 0) is 28.6 Å². The van der Waals surface area contributed by atoms with E-state index in [9.17, 15) is 19.2 Å². The molecule has 1 aliphatic heterocycles. The van der Waals surface area contributed by atoms with Crippen LogP contribution < -0.4 is 5.73 Å². The van der Waals surface area contributed by atoms with E-state index in [4.69, 9.17) is 24.4 Å². The fourth-order valence-electron chi connectivity index (χ4n) is 7.14. The molecule has 3 aliphatic carbocycles. The number of aryl methyl sites for hydroxylation is 1. The van der Waals surface area contributed by atoms with Gasteiger partial charge in [-0.25, -0.2) is 4.79 Å². The Labute approximate surface area is 212 Å². The highest BCUT2D eigenvalue weighted by molar-refractivity contribution is 6.06. The van der Waals surface area contributed by atoms with Gasteiger partial charge >= 0.3 is 17.9 Å². The van der Waals surface area contributed by atoms with Crippen LogP contribution >= 0.6 is 0 Å². The lowest BCUT2D eigenvalue weighted by Gasteiger charge is -2.54. The number of fused-ring (bicyclic) bond motifs is 2. The molecule has 1 saturated heterocycles. The Bertz CT molecular complexity index is 1360. The van der Waals surface area contributed by atoms with Gasteiger partial charge < -0.3 is 24.4 Å². The SMILES string of the molecule is COC(=O)C12C=C(OC(=O)c3cccc(C)c3)C(=O)[C@@H]3[C@@]4(N)C[C@@H](c5ccoc5)OC(=O)[C@@H]4CC[C@]31C2. The summed E-state index contributed by atoms with van der Waals surface area (Å²) in [5.74, 6) is -4.11. The second-order valence-electron chi connectivity index (χ2n) is 10.8. The van der Waals surface area contributed by atoms with E-state index in [1.54, 1.807) is 24.3 Å². The standard InChI is InChI=1S/C28H27NO8/c1-15-4-3-5-16(10-15)23(31)37-20-11-27(25(33)34-2)14-26(27)8-6-18-24(32)36-19(17-7-9-35-13-17)12-28(18,29)22(26)21(20)30/h3-5,7,9-11,13,18-19,22H,6,8,12,14,29H2,1-2H3/t18-,19-,22-,26-,27?,28+/m0/s1. The first-order valence-electron chi connectivity index (χ1n) is 12.3. The van der Waals surface area contributed by atoms with Crippen molar-refractivity contribution in [3.63, 3.8) is 0 Å². The number of cyclic esters (lactones) is 1. The topological polar surface area (TPSA) is 135 Å². The molecule has 0 amide bonds. The van der Waals surface area contributed by atoms with E-state index in [-0.39, 0.29) is 17.7 Å². The number of nitrogens with two attached hydrogens (primary N) is 1. The molecule has 2 heterocycles. The first kappa shape index (κ1) is 23.7. The number of methoxy groups -OCH3 is 1. The monoisotopic (exact) mass is 505 g/mol. The fourth-order valence-corrected chi connectivity index (χ4v) is 7.14. The summed E-state index contributed by atoms with van der Waals surface area (Å²) in [5, 5.41) is 0. The average molecular weight is 506 g/mol. The number of Topliss-reactive ketones (excluding diaryl/α,β-unsaturated/α-hetero) is 1. The predicted octanol–water partition coefficient (Wildman–Crippen LogP) is 3.17. The molecule has 9 heteroatoms. The molecule has 1 aromatic carbocycles. The average Bonchev–Trinajstić information content (AvgIpc) is 3.22. The summed E-state index contributed by atoms with van der Waals surface area (Å²) in [5.41, 5.74) is 5.53. The summed E-state index contributed by atoms with van der Waals surface area (Å²) in [6, 6.07) is 8.49. The maximum atomic E-state index is 14.1. The molecule has 3 fully saturated rings.